The molecule has 0 bridgehead atoms. The van der Waals surface area contributed by atoms with Gasteiger partial charge in [0.25, 0.3) is 10.0 Å². The minimum Gasteiger partial charge on any atom is -0.352 e. The van der Waals surface area contributed by atoms with Crippen LogP contribution in [0.4, 0.5) is 5.69 Å². The lowest BCUT2D eigenvalue weighted by Gasteiger charge is -2.35. The number of carbonyl (C=O) groups is 2. The molecule has 1 atom stereocenters. The highest BCUT2D eigenvalue weighted by atomic mass is 35.5. The highest BCUT2D eigenvalue weighted by Gasteiger charge is 2.35. The Kier molecular flexibility index (Phi) is 11.6. The van der Waals surface area contributed by atoms with Crippen LogP contribution in [0.5, 0.6) is 0 Å². The van der Waals surface area contributed by atoms with Crippen LogP contribution in [0.25, 0.3) is 0 Å². The second-order valence-corrected chi connectivity index (χ2v) is 14.3. The number of amides is 2. The Morgan fingerprint density at radius 2 is 1.59 bits per heavy atom. The van der Waals surface area contributed by atoms with E-state index >= 15 is 0 Å². The Bertz CT molecular complexity index is 1590. The van der Waals surface area contributed by atoms with Crippen molar-refractivity contribution in [1.29, 1.82) is 0 Å². The number of aryl methyl sites for hydroxylation is 1. The van der Waals surface area contributed by atoms with Crippen molar-refractivity contribution in [2.24, 2.45) is 0 Å². The predicted octanol–water partition coefficient (Wildman–Crippen LogP) is 7.72. The topological polar surface area (TPSA) is 86.8 Å². The first-order valence-electron chi connectivity index (χ1n) is 14.8. The molecule has 0 aromatic heterocycles. The van der Waals surface area contributed by atoms with E-state index in [1.54, 1.807) is 55.5 Å². The molecule has 1 saturated carbocycles. The number of hydrogen-bond acceptors (Lipinski definition) is 4. The molecular weight excluding hydrogens is 641 g/mol. The largest absolute Gasteiger partial charge is 0.352 e. The summed E-state index contributed by atoms with van der Waals surface area (Å²) in [5, 5.41) is 4.19. The molecule has 11 heteroatoms. The third kappa shape index (κ3) is 8.08. The van der Waals surface area contributed by atoms with Crippen LogP contribution in [-0.4, -0.2) is 43.8 Å². The fourth-order valence-electron chi connectivity index (χ4n) is 5.52. The zero-order valence-electron chi connectivity index (χ0n) is 25.2. The minimum atomic E-state index is -4.21. The molecule has 3 aromatic carbocycles. The second kappa shape index (κ2) is 15.0. The second-order valence-electron chi connectivity index (χ2n) is 11.2. The van der Waals surface area contributed by atoms with E-state index in [-0.39, 0.29) is 29.1 Å². The van der Waals surface area contributed by atoms with Crippen LogP contribution >= 0.6 is 34.8 Å². The van der Waals surface area contributed by atoms with Crippen molar-refractivity contribution < 1.29 is 18.0 Å². The van der Waals surface area contributed by atoms with Crippen molar-refractivity contribution in [3.63, 3.8) is 0 Å². The predicted molar refractivity (Wildman–Crippen MR) is 178 cm³/mol. The Balaban J connectivity index is 1.75. The van der Waals surface area contributed by atoms with Crippen molar-refractivity contribution in [3.8, 4) is 0 Å². The van der Waals surface area contributed by atoms with Crippen LogP contribution < -0.4 is 9.62 Å². The number of anilines is 1. The zero-order chi connectivity index (χ0) is 32.0. The number of nitrogens with zero attached hydrogens (tertiary/aromatic N) is 2. The number of hydrogen-bond donors (Lipinski definition) is 1. The van der Waals surface area contributed by atoms with Gasteiger partial charge in [-0.05, 0) is 80.6 Å². The van der Waals surface area contributed by atoms with E-state index in [1.807, 2.05) is 13.8 Å². The highest BCUT2D eigenvalue weighted by molar-refractivity contribution is 7.92. The summed E-state index contributed by atoms with van der Waals surface area (Å²) < 4.78 is 29.4. The Morgan fingerprint density at radius 1 is 0.909 bits per heavy atom. The maximum absolute atomic E-state index is 14.4. The summed E-state index contributed by atoms with van der Waals surface area (Å²) in [6, 6.07) is 15.6. The van der Waals surface area contributed by atoms with Crippen molar-refractivity contribution in [2.75, 3.05) is 10.8 Å². The van der Waals surface area contributed by atoms with Gasteiger partial charge in [0.1, 0.15) is 12.6 Å². The molecule has 44 heavy (non-hydrogen) atoms. The number of carbonyl (C=O) groups excluding carboxylic acids is 2. The fourth-order valence-corrected chi connectivity index (χ4v) is 7.48. The molecule has 4 rings (SSSR count). The van der Waals surface area contributed by atoms with Crippen LogP contribution in [0.1, 0.15) is 62.1 Å². The molecule has 1 aliphatic rings. The molecule has 1 fully saturated rings. The van der Waals surface area contributed by atoms with Crippen LogP contribution in [0.3, 0.4) is 0 Å². The molecule has 0 radical (unpaired) electrons. The van der Waals surface area contributed by atoms with Gasteiger partial charge in [0.2, 0.25) is 11.8 Å². The fraction of sp³-hybridized carbons (Fsp3) is 0.394. The number of sulfonamides is 1. The van der Waals surface area contributed by atoms with Crippen molar-refractivity contribution in [3.05, 3.63) is 92.4 Å². The lowest BCUT2D eigenvalue weighted by molar-refractivity contribution is -0.140. The quantitative estimate of drug-likeness (QED) is 0.225. The number of halogens is 3. The summed E-state index contributed by atoms with van der Waals surface area (Å²) in [5.41, 5.74) is 2.34. The first kappa shape index (κ1) is 34.1. The molecule has 7 nitrogen and oxygen atoms in total. The molecule has 0 heterocycles. The number of rotatable bonds is 11. The highest BCUT2D eigenvalue weighted by Crippen LogP contribution is 2.32. The van der Waals surface area contributed by atoms with Gasteiger partial charge in [-0.1, -0.05) is 90.8 Å². The van der Waals surface area contributed by atoms with Crippen LogP contribution in [0, 0.1) is 13.8 Å². The zero-order valence-corrected chi connectivity index (χ0v) is 28.2. The standard InChI is InChI=1S/C33H38Cl3N3O4S/c1-4-30(33(41)37-25-9-6-5-7-10-25)38(20-24-15-18-28(35)29(36)19-24)32(40)21-39(31-12-8-11-27(34)23(31)3)44(42,43)26-16-13-22(2)14-17-26/h8,11-19,25,30H,4-7,9-10,20-21H2,1-3H3,(H,37,41). The van der Waals surface area contributed by atoms with Gasteiger partial charge in [-0.15, -0.1) is 0 Å². The summed E-state index contributed by atoms with van der Waals surface area (Å²) in [6.07, 6.45) is 5.32. The van der Waals surface area contributed by atoms with E-state index in [2.05, 4.69) is 5.32 Å². The average Bonchev–Trinajstić information content (AvgIpc) is 2.99. The Hall–Kier alpha value is -2.78. The van der Waals surface area contributed by atoms with Crippen LogP contribution in [0.2, 0.25) is 15.1 Å². The molecular formula is C33H38Cl3N3O4S. The smallest absolute Gasteiger partial charge is 0.264 e. The van der Waals surface area contributed by atoms with Crippen molar-refractivity contribution in [1.82, 2.24) is 10.2 Å². The third-order valence-corrected chi connectivity index (χ3v) is 11.0. The van der Waals surface area contributed by atoms with Gasteiger partial charge in [0.15, 0.2) is 0 Å². The molecule has 1 N–H and O–H groups in total. The van der Waals surface area contributed by atoms with Gasteiger partial charge >= 0.3 is 0 Å². The van der Waals surface area contributed by atoms with E-state index in [0.717, 1.165) is 42.0 Å². The van der Waals surface area contributed by atoms with Gasteiger partial charge in [-0.3, -0.25) is 13.9 Å². The van der Waals surface area contributed by atoms with Crippen molar-refractivity contribution >= 4 is 62.3 Å². The van der Waals surface area contributed by atoms with E-state index < -0.39 is 28.5 Å². The SMILES string of the molecule is CCC(C(=O)NC1CCCCC1)N(Cc1ccc(Cl)c(Cl)c1)C(=O)CN(c1cccc(Cl)c1C)S(=O)(=O)c1ccc(C)cc1. The van der Waals surface area contributed by atoms with Crippen molar-refractivity contribution in [2.45, 2.75) is 82.8 Å². The van der Waals surface area contributed by atoms with E-state index in [4.69, 9.17) is 34.8 Å². The molecule has 0 spiro atoms. The molecule has 0 aliphatic heterocycles. The lowest BCUT2D eigenvalue weighted by Crippen LogP contribution is -2.54. The summed E-state index contributed by atoms with van der Waals surface area (Å²) in [6.45, 7) is 4.88. The van der Waals surface area contributed by atoms with Gasteiger partial charge < -0.3 is 10.2 Å². The van der Waals surface area contributed by atoms with Gasteiger partial charge in [-0.2, -0.15) is 0 Å². The molecule has 0 saturated heterocycles. The van der Waals surface area contributed by atoms with Gasteiger partial charge in [0.05, 0.1) is 20.6 Å². The molecule has 236 valence electrons. The third-order valence-electron chi connectivity index (χ3n) is 8.07. The first-order chi connectivity index (χ1) is 20.9. The van der Waals surface area contributed by atoms with Gasteiger partial charge in [0, 0.05) is 17.6 Å². The molecule has 1 aliphatic carbocycles. The average molecular weight is 679 g/mol. The van der Waals surface area contributed by atoms with Gasteiger partial charge in [-0.25, -0.2) is 8.42 Å². The number of nitrogens with one attached hydrogen (secondary N) is 1. The maximum atomic E-state index is 14.4. The van der Waals surface area contributed by atoms with E-state index in [9.17, 15) is 18.0 Å². The van der Waals surface area contributed by atoms with E-state index in [0.29, 0.717) is 32.6 Å². The summed E-state index contributed by atoms with van der Waals surface area (Å²) in [7, 11) is -4.21. The lowest BCUT2D eigenvalue weighted by atomic mass is 9.95. The first-order valence-corrected chi connectivity index (χ1v) is 17.4. The number of benzene rings is 3. The van der Waals surface area contributed by atoms with Crippen LogP contribution in [-0.2, 0) is 26.2 Å². The summed E-state index contributed by atoms with van der Waals surface area (Å²) in [4.78, 5) is 29.5. The van der Waals surface area contributed by atoms with Crippen LogP contribution in [0.15, 0.2) is 65.6 Å². The monoisotopic (exact) mass is 677 g/mol. The summed E-state index contributed by atoms with van der Waals surface area (Å²) in [5.74, 6) is -0.809. The summed E-state index contributed by atoms with van der Waals surface area (Å²) >= 11 is 18.9. The minimum absolute atomic E-state index is 0.0270. The maximum Gasteiger partial charge on any atom is 0.264 e. The Morgan fingerprint density at radius 3 is 2.23 bits per heavy atom. The molecule has 3 aromatic rings. The Labute approximate surface area is 275 Å². The molecule has 2 amide bonds. The van der Waals surface area contributed by atoms with E-state index in [1.165, 1.54) is 17.0 Å². The molecule has 1 unspecified atom stereocenters. The normalized spacial score (nSPS) is 14.6.